The summed E-state index contributed by atoms with van der Waals surface area (Å²) in [6, 6.07) is 14.0. The first-order valence-electron chi connectivity index (χ1n) is 9.11. The highest BCUT2D eigenvalue weighted by atomic mass is 16.6. The van der Waals surface area contributed by atoms with Gasteiger partial charge < -0.3 is 26.4 Å². The molecule has 3 aromatic rings. The molecule has 0 spiro atoms. The molecule has 3 aromatic carbocycles. The van der Waals surface area contributed by atoms with E-state index in [0.717, 1.165) is 5.56 Å². The zero-order valence-electron chi connectivity index (χ0n) is 16.3. The molecule has 1 aliphatic rings. The van der Waals surface area contributed by atoms with Crippen LogP contribution in [-0.4, -0.2) is 24.0 Å². The minimum atomic E-state index is -0.709. The number of carbonyl (C=O) groups is 2. The average molecular weight is 419 g/mol. The molecule has 0 aliphatic carbocycles. The number of fused-ring (bicyclic) bond motifs is 2. The van der Waals surface area contributed by atoms with Gasteiger partial charge in [0.15, 0.2) is 5.75 Å². The van der Waals surface area contributed by atoms with Gasteiger partial charge in [-0.3, -0.25) is 14.9 Å². The number of nitro benzene ring substituents is 1. The van der Waals surface area contributed by atoms with Crippen LogP contribution in [0.4, 0.5) is 33.2 Å². The first-order chi connectivity index (χ1) is 14.9. The van der Waals surface area contributed by atoms with Crippen LogP contribution in [0.15, 0.2) is 54.6 Å². The van der Waals surface area contributed by atoms with Gasteiger partial charge in [0.05, 0.1) is 34.7 Å². The van der Waals surface area contributed by atoms with E-state index < -0.39 is 11.0 Å². The first kappa shape index (κ1) is 19.7. The third-order valence-corrected chi connectivity index (χ3v) is 4.78. The second kappa shape index (κ2) is 7.67. The lowest BCUT2D eigenvalue weighted by Gasteiger charge is -2.12. The molecule has 3 amide bonds. The van der Waals surface area contributed by atoms with Gasteiger partial charge in [-0.05, 0) is 53.6 Å². The Morgan fingerprint density at radius 3 is 2.45 bits per heavy atom. The smallest absolute Gasteiger partial charge is 0.316 e. The number of anilines is 4. The Labute approximate surface area is 176 Å². The summed E-state index contributed by atoms with van der Waals surface area (Å²) < 4.78 is 5.14. The van der Waals surface area contributed by atoms with Crippen molar-refractivity contribution in [3.8, 4) is 16.9 Å². The van der Waals surface area contributed by atoms with Gasteiger partial charge in [0.1, 0.15) is 0 Å². The summed E-state index contributed by atoms with van der Waals surface area (Å²) in [6.45, 7) is 0. The monoisotopic (exact) mass is 419 g/mol. The standard InChI is InChI=1S/C21H17N5O5/c1-31-19-9-12(3-7-18(19)26(29)30)11-2-5-14-16(8-11)24-15-6-4-13(23-21(22)28)10-17(15)25-20(14)27/h2-10,24H,1H3,(H,25,27)(H3,22,23,28). The summed E-state index contributed by atoms with van der Waals surface area (Å²) in [7, 11) is 1.37. The molecular weight excluding hydrogens is 402 g/mol. The normalized spacial score (nSPS) is 11.8. The zero-order chi connectivity index (χ0) is 22.1. The van der Waals surface area contributed by atoms with Crippen molar-refractivity contribution in [1.82, 2.24) is 0 Å². The molecule has 0 saturated carbocycles. The predicted octanol–water partition coefficient (Wildman–Crippen LogP) is 4.07. The van der Waals surface area contributed by atoms with Crippen molar-refractivity contribution in [2.45, 2.75) is 0 Å². The van der Waals surface area contributed by atoms with E-state index in [1.54, 1.807) is 48.5 Å². The van der Waals surface area contributed by atoms with Gasteiger partial charge in [-0.15, -0.1) is 0 Å². The lowest BCUT2D eigenvalue weighted by Crippen LogP contribution is -2.19. The van der Waals surface area contributed by atoms with Crippen LogP contribution in [0.2, 0.25) is 0 Å². The van der Waals surface area contributed by atoms with Crippen molar-refractivity contribution in [3.05, 3.63) is 70.3 Å². The van der Waals surface area contributed by atoms with Crippen molar-refractivity contribution in [3.63, 3.8) is 0 Å². The number of methoxy groups -OCH3 is 1. The number of urea groups is 1. The zero-order valence-corrected chi connectivity index (χ0v) is 16.3. The van der Waals surface area contributed by atoms with Gasteiger partial charge in [-0.2, -0.15) is 0 Å². The average Bonchev–Trinajstić information content (AvgIpc) is 2.87. The summed E-state index contributed by atoms with van der Waals surface area (Å²) in [5.74, 6) is -0.187. The number of hydrogen-bond acceptors (Lipinski definition) is 6. The molecule has 0 radical (unpaired) electrons. The lowest BCUT2D eigenvalue weighted by molar-refractivity contribution is -0.385. The van der Waals surface area contributed by atoms with Gasteiger partial charge in [0.2, 0.25) is 0 Å². The predicted molar refractivity (Wildman–Crippen MR) is 116 cm³/mol. The molecular formula is C21H17N5O5. The summed E-state index contributed by atoms with van der Waals surface area (Å²) in [6.07, 6.45) is 0. The minimum absolute atomic E-state index is 0.132. The molecule has 0 aromatic heterocycles. The number of nitrogens with zero attached hydrogens (tertiary/aromatic N) is 1. The van der Waals surface area contributed by atoms with Gasteiger partial charge in [0, 0.05) is 11.8 Å². The second-order valence-electron chi connectivity index (χ2n) is 6.73. The Morgan fingerprint density at radius 1 is 1.00 bits per heavy atom. The Hall–Kier alpha value is -4.60. The molecule has 0 fully saturated rings. The van der Waals surface area contributed by atoms with Crippen molar-refractivity contribution >= 4 is 40.4 Å². The number of carbonyl (C=O) groups excluding carboxylic acids is 2. The molecule has 1 aliphatic heterocycles. The molecule has 10 heteroatoms. The van der Waals surface area contributed by atoms with Gasteiger partial charge >= 0.3 is 11.7 Å². The third-order valence-electron chi connectivity index (χ3n) is 4.78. The second-order valence-corrected chi connectivity index (χ2v) is 6.73. The molecule has 0 unspecified atom stereocenters. The highest BCUT2D eigenvalue weighted by Gasteiger charge is 2.21. The van der Waals surface area contributed by atoms with Crippen LogP contribution < -0.4 is 26.4 Å². The molecule has 5 N–H and O–H groups in total. The van der Waals surface area contributed by atoms with E-state index in [1.807, 2.05) is 0 Å². The van der Waals surface area contributed by atoms with Crippen molar-refractivity contribution in [2.75, 3.05) is 23.1 Å². The quantitative estimate of drug-likeness (QED) is 0.370. The summed E-state index contributed by atoms with van der Waals surface area (Å²) >= 11 is 0. The maximum Gasteiger partial charge on any atom is 0.316 e. The van der Waals surface area contributed by atoms with E-state index in [9.17, 15) is 19.7 Å². The van der Waals surface area contributed by atoms with Crippen LogP contribution in [0.25, 0.3) is 11.1 Å². The van der Waals surface area contributed by atoms with Crippen molar-refractivity contribution in [2.24, 2.45) is 5.73 Å². The van der Waals surface area contributed by atoms with Crippen molar-refractivity contribution < 1.29 is 19.2 Å². The number of nitrogens with two attached hydrogens (primary N) is 1. The van der Waals surface area contributed by atoms with E-state index in [0.29, 0.717) is 33.9 Å². The number of ether oxygens (including phenoxy) is 1. The van der Waals surface area contributed by atoms with Crippen LogP contribution >= 0.6 is 0 Å². The fraction of sp³-hybridized carbons (Fsp3) is 0.0476. The SMILES string of the molecule is COc1cc(-c2ccc3c(c2)Nc2ccc(NC(N)=O)cc2NC3=O)ccc1[N+](=O)[O-]. The highest BCUT2D eigenvalue weighted by molar-refractivity contribution is 6.13. The number of hydrogen-bond donors (Lipinski definition) is 4. The van der Waals surface area contributed by atoms with Gasteiger partial charge in [-0.1, -0.05) is 6.07 Å². The maximum atomic E-state index is 12.7. The summed E-state index contributed by atoms with van der Waals surface area (Å²) in [5.41, 5.74) is 8.96. The molecule has 156 valence electrons. The topological polar surface area (TPSA) is 149 Å². The summed E-state index contributed by atoms with van der Waals surface area (Å²) in [4.78, 5) is 34.4. The number of primary amides is 1. The molecule has 4 rings (SSSR count). The molecule has 0 atom stereocenters. The van der Waals surface area contributed by atoms with E-state index in [4.69, 9.17) is 10.5 Å². The van der Waals surface area contributed by atoms with Crippen LogP contribution in [-0.2, 0) is 0 Å². The van der Waals surface area contributed by atoms with Crippen molar-refractivity contribution in [1.29, 1.82) is 0 Å². The first-order valence-corrected chi connectivity index (χ1v) is 9.11. The Kier molecular flexibility index (Phi) is 4.88. The van der Waals surface area contributed by atoms with Crippen LogP contribution in [0, 0.1) is 10.1 Å². The van der Waals surface area contributed by atoms with Crippen LogP contribution in [0.3, 0.4) is 0 Å². The largest absolute Gasteiger partial charge is 0.490 e. The van der Waals surface area contributed by atoms with Crippen LogP contribution in [0.1, 0.15) is 10.4 Å². The van der Waals surface area contributed by atoms with Gasteiger partial charge in [-0.25, -0.2) is 4.79 Å². The Morgan fingerprint density at radius 2 is 1.74 bits per heavy atom. The van der Waals surface area contributed by atoms with E-state index in [2.05, 4.69) is 16.0 Å². The fourth-order valence-electron chi connectivity index (χ4n) is 3.34. The Bertz CT molecular complexity index is 1240. The lowest BCUT2D eigenvalue weighted by atomic mass is 10.0. The fourth-order valence-corrected chi connectivity index (χ4v) is 3.34. The maximum absolute atomic E-state index is 12.7. The number of nitrogens with one attached hydrogen (secondary N) is 3. The van der Waals surface area contributed by atoms with E-state index in [1.165, 1.54) is 13.2 Å². The number of rotatable bonds is 4. The Balaban J connectivity index is 1.73. The third kappa shape index (κ3) is 3.81. The molecule has 31 heavy (non-hydrogen) atoms. The number of nitro groups is 1. The molecule has 1 heterocycles. The van der Waals surface area contributed by atoms with Crippen LogP contribution in [0.5, 0.6) is 5.75 Å². The number of amides is 3. The number of benzene rings is 3. The van der Waals surface area contributed by atoms with E-state index >= 15 is 0 Å². The van der Waals surface area contributed by atoms with E-state index in [-0.39, 0.29) is 17.3 Å². The summed E-state index contributed by atoms with van der Waals surface area (Å²) in [5, 5.41) is 19.6. The molecule has 0 bridgehead atoms. The molecule has 0 saturated heterocycles. The van der Waals surface area contributed by atoms with Gasteiger partial charge in [0.25, 0.3) is 5.91 Å². The molecule has 10 nitrogen and oxygen atoms in total. The highest BCUT2D eigenvalue weighted by Crippen LogP contribution is 2.37. The minimum Gasteiger partial charge on any atom is -0.490 e.